The van der Waals surface area contributed by atoms with Crippen LogP contribution in [-0.4, -0.2) is 60.8 Å². The summed E-state index contributed by atoms with van der Waals surface area (Å²) in [5, 5.41) is 0. The molecule has 0 fully saturated rings. The minimum absolute atomic E-state index is 0.564. The molecular weight excluding hydrogens is 378 g/mol. The largest absolute Gasteiger partial charge is 0.300 e. The van der Waals surface area contributed by atoms with Crippen molar-refractivity contribution >= 4 is 6.21 Å². The SMILES string of the molecule is CCCCN(CCCC)C1C=NCCCN(C2CCCC=CCCCCC2)CCCC1. The molecule has 1 aliphatic heterocycles. The highest BCUT2D eigenvalue weighted by Gasteiger charge is 2.20. The monoisotopic (exact) mass is 431 g/mol. The van der Waals surface area contributed by atoms with E-state index in [0.29, 0.717) is 6.04 Å². The number of allylic oxidation sites excluding steroid dienone is 2. The second kappa shape index (κ2) is 17.8. The van der Waals surface area contributed by atoms with Crippen molar-refractivity contribution in [2.45, 2.75) is 129 Å². The summed E-state index contributed by atoms with van der Waals surface area (Å²) in [6.45, 7) is 10.7. The van der Waals surface area contributed by atoms with Gasteiger partial charge in [0.2, 0.25) is 0 Å². The van der Waals surface area contributed by atoms with Gasteiger partial charge in [0, 0.05) is 31.4 Å². The van der Waals surface area contributed by atoms with Crippen molar-refractivity contribution in [3.8, 4) is 0 Å². The van der Waals surface area contributed by atoms with Crippen molar-refractivity contribution in [3.63, 3.8) is 0 Å². The van der Waals surface area contributed by atoms with Crippen LogP contribution in [0.5, 0.6) is 0 Å². The fourth-order valence-corrected chi connectivity index (χ4v) is 5.26. The van der Waals surface area contributed by atoms with Gasteiger partial charge < -0.3 is 4.90 Å². The van der Waals surface area contributed by atoms with E-state index >= 15 is 0 Å². The fraction of sp³-hybridized carbons (Fsp3) is 0.893. The van der Waals surface area contributed by atoms with Crippen molar-refractivity contribution in [2.75, 3.05) is 32.7 Å². The van der Waals surface area contributed by atoms with Crippen LogP contribution in [0.15, 0.2) is 17.1 Å². The predicted molar refractivity (Wildman–Crippen MR) is 138 cm³/mol. The third kappa shape index (κ3) is 11.7. The average molecular weight is 432 g/mol. The highest BCUT2D eigenvalue weighted by molar-refractivity contribution is 5.64. The van der Waals surface area contributed by atoms with Gasteiger partial charge in [-0.25, -0.2) is 0 Å². The highest BCUT2D eigenvalue weighted by atomic mass is 15.2. The van der Waals surface area contributed by atoms with Crippen LogP contribution >= 0.6 is 0 Å². The quantitative estimate of drug-likeness (QED) is 0.376. The molecule has 0 amide bonds. The van der Waals surface area contributed by atoms with Gasteiger partial charge in [-0.15, -0.1) is 0 Å². The molecule has 1 heterocycles. The third-order valence-electron chi connectivity index (χ3n) is 7.27. The van der Waals surface area contributed by atoms with E-state index in [9.17, 15) is 0 Å². The van der Waals surface area contributed by atoms with Gasteiger partial charge in [0.1, 0.15) is 0 Å². The van der Waals surface area contributed by atoms with E-state index in [1.807, 2.05) is 0 Å². The average Bonchev–Trinajstić information content (AvgIpc) is 2.88. The predicted octanol–water partition coefficient (Wildman–Crippen LogP) is 7.26. The molecule has 0 saturated carbocycles. The van der Waals surface area contributed by atoms with Gasteiger partial charge >= 0.3 is 0 Å². The summed E-state index contributed by atoms with van der Waals surface area (Å²) in [5.41, 5.74) is 0. The number of nitrogens with zero attached hydrogens (tertiary/aromatic N) is 3. The number of rotatable bonds is 8. The van der Waals surface area contributed by atoms with E-state index in [-0.39, 0.29) is 0 Å². The first-order valence-corrected chi connectivity index (χ1v) is 14.0. The molecule has 2 atom stereocenters. The van der Waals surface area contributed by atoms with Gasteiger partial charge in [0.05, 0.1) is 0 Å². The molecule has 0 bridgehead atoms. The minimum Gasteiger partial charge on any atom is -0.300 e. The normalized spacial score (nSPS) is 25.8. The lowest BCUT2D eigenvalue weighted by Gasteiger charge is -2.32. The molecule has 31 heavy (non-hydrogen) atoms. The summed E-state index contributed by atoms with van der Waals surface area (Å²) < 4.78 is 0. The van der Waals surface area contributed by atoms with E-state index in [0.717, 1.165) is 12.6 Å². The summed E-state index contributed by atoms with van der Waals surface area (Å²) in [5.74, 6) is 0. The zero-order valence-electron chi connectivity index (χ0n) is 21.1. The highest BCUT2D eigenvalue weighted by Crippen LogP contribution is 2.21. The lowest BCUT2D eigenvalue weighted by molar-refractivity contribution is 0.165. The Hall–Kier alpha value is -0.670. The lowest BCUT2D eigenvalue weighted by Crippen LogP contribution is -2.38. The van der Waals surface area contributed by atoms with Crippen LogP contribution in [0.1, 0.15) is 117 Å². The maximum absolute atomic E-state index is 4.94. The van der Waals surface area contributed by atoms with Crippen LogP contribution in [0.25, 0.3) is 0 Å². The first-order valence-electron chi connectivity index (χ1n) is 14.0. The maximum atomic E-state index is 4.94. The Labute approximate surface area is 194 Å². The summed E-state index contributed by atoms with van der Waals surface area (Å²) in [6, 6.07) is 1.37. The molecule has 2 rings (SSSR count). The van der Waals surface area contributed by atoms with Crippen molar-refractivity contribution in [1.29, 1.82) is 0 Å². The molecule has 0 N–H and O–H groups in total. The van der Waals surface area contributed by atoms with Crippen LogP contribution in [0.3, 0.4) is 0 Å². The van der Waals surface area contributed by atoms with Crippen molar-refractivity contribution in [3.05, 3.63) is 12.2 Å². The van der Waals surface area contributed by atoms with Gasteiger partial charge in [-0.3, -0.25) is 9.89 Å². The van der Waals surface area contributed by atoms with E-state index in [1.165, 1.54) is 129 Å². The van der Waals surface area contributed by atoms with Crippen LogP contribution in [-0.2, 0) is 0 Å². The zero-order chi connectivity index (χ0) is 22.0. The fourth-order valence-electron chi connectivity index (χ4n) is 5.26. The lowest BCUT2D eigenvalue weighted by atomic mass is 10.00. The molecule has 0 aromatic carbocycles. The smallest absolute Gasteiger partial charge is 0.0446 e. The molecule has 1 aliphatic carbocycles. The zero-order valence-corrected chi connectivity index (χ0v) is 21.1. The van der Waals surface area contributed by atoms with Gasteiger partial charge in [0.15, 0.2) is 0 Å². The van der Waals surface area contributed by atoms with Crippen LogP contribution in [0.2, 0.25) is 0 Å². The van der Waals surface area contributed by atoms with Gasteiger partial charge in [-0.2, -0.15) is 0 Å². The summed E-state index contributed by atoms with van der Waals surface area (Å²) >= 11 is 0. The molecular formula is C28H53N3. The molecule has 2 aliphatic rings. The molecule has 0 spiro atoms. The standard InChI is InChI=1S/C28H53N3/c1-3-5-22-31(23-6-4-2)28-20-15-16-24-30(25-17-21-29-26-28)27-18-13-11-9-7-8-10-12-14-19-27/h7,9,26-28H,3-6,8,10-25H2,1-2H3. The van der Waals surface area contributed by atoms with Gasteiger partial charge in [-0.05, 0) is 90.3 Å². The van der Waals surface area contributed by atoms with E-state index in [1.54, 1.807) is 0 Å². The summed E-state index contributed by atoms with van der Waals surface area (Å²) in [4.78, 5) is 10.5. The Kier molecular flexibility index (Phi) is 15.3. The molecule has 0 aromatic rings. The minimum atomic E-state index is 0.564. The third-order valence-corrected chi connectivity index (χ3v) is 7.27. The Bertz CT molecular complexity index is 465. The second-order valence-electron chi connectivity index (χ2n) is 9.95. The van der Waals surface area contributed by atoms with Crippen LogP contribution in [0.4, 0.5) is 0 Å². The number of hydrogen-bond donors (Lipinski definition) is 0. The van der Waals surface area contributed by atoms with E-state index in [4.69, 9.17) is 4.99 Å². The number of unbranched alkanes of at least 4 members (excludes halogenated alkanes) is 2. The van der Waals surface area contributed by atoms with E-state index in [2.05, 4.69) is 42.0 Å². The first kappa shape index (κ1) is 26.6. The Balaban J connectivity index is 1.91. The molecule has 0 aromatic heterocycles. The molecule has 2 unspecified atom stereocenters. The first-order chi connectivity index (χ1) is 15.3. The number of hydrogen-bond acceptors (Lipinski definition) is 3. The van der Waals surface area contributed by atoms with Gasteiger partial charge in [-0.1, -0.05) is 58.1 Å². The molecule has 3 heteroatoms. The molecule has 0 saturated heterocycles. The Morgan fingerprint density at radius 3 is 2.23 bits per heavy atom. The topological polar surface area (TPSA) is 18.8 Å². The molecule has 3 nitrogen and oxygen atoms in total. The van der Waals surface area contributed by atoms with E-state index < -0.39 is 0 Å². The Morgan fingerprint density at radius 1 is 0.774 bits per heavy atom. The summed E-state index contributed by atoms with van der Waals surface area (Å²) in [7, 11) is 0. The molecule has 180 valence electrons. The molecule has 0 radical (unpaired) electrons. The summed E-state index contributed by atoms with van der Waals surface area (Å²) in [6.07, 6.45) is 28.6. The van der Waals surface area contributed by atoms with Gasteiger partial charge in [0.25, 0.3) is 0 Å². The van der Waals surface area contributed by atoms with Crippen molar-refractivity contribution in [1.82, 2.24) is 9.80 Å². The van der Waals surface area contributed by atoms with Crippen LogP contribution in [0, 0.1) is 0 Å². The second-order valence-corrected chi connectivity index (χ2v) is 9.95. The maximum Gasteiger partial charge on any atom is 0.0446 e. The van der Waals surface area contributed by atoms with Crippen molar-refractivity contribution < 1.29 is 0 Å². The van der Waals surface area contributed by atoms with Crippen molar-refractivity contribution in [2.24, 2.45) is 4.99 Å². The number of aliphatic imine (C=N–C) groups is 1. The Morgan fingerprint density at radius 2 is 1.45 bits per heavy atom. The van der Waals surface area contributed by atoms with Crippen LogP contribution < -0.4 is 0 Å².